The van der Waals surface area contributed by atoms with Crippen molar-refractivity contribution in [1.82, 2.24) is 0 Å². The molecule has 4 nitrogen and oxygen atoms in total. The van der Waals surface area contributed by atoms with Crippen LogP contribution in [-0.2, 0) is 4.79 Å². The van der Waals surface area contributed by atoms with Gasteiger partial charge in [0.15, 0.2) is 6.54 Å². The molecule has 2 aromatic carbocycles. The lowest BCUT2D eigenvalue weighted by Crippen LogP contribution is -3.15. The van der Waals surface area contributed by atoms with Crippen molar-refractivity contribution in [2.24, 2.45) is 0 Å². The monoisotopic (exact) mass is 352 g/mol. The normalized spacial score (nSPS) is 15.3. The predicted molar refractivity (Wildman–Crippen MR) is 108 cm³/mol. The van der Waals surface area contributed by atoms with Gasteiger partial charge in [-0.25, -0.2) is 0 Å². The summed E-state index contributed by atoms with van der Waals surface area (Å²) in [5.41, 5.74) is 4.82. The molecule has 1 heterocycles. The van der Waals surface area contributed by atoms with Gasteiger partial charge in [-0.15, -0.1) is 0 Å². The molecular formula is C22H30N3O+. The average molecular weight is 353 g/mol. The van der Waals surface area contributed by atoms with E-state index < -0.39 is 0 Å². The third-order valence-electron chi connectivity index (χ3n) is 5.20. The van der Waals surface area contributed by atoms with Gasteiger partial charge < -0.3 is 15.1 Å². The maximum absolute atomic E-state index is 12.4. The van der Waals surface area contributed by atoms with Crippen molar-refractivity contribution >= 4 is 17.3 Å². The zero-order chi connectivity index (χ0) is 18.5. The third-order valence-corrected chi connectivity index (χ3v) is 5.20. The number of anilines is 2. The first kappa shape index (κ1) is 18.5. The zero-order valence-corrected chi connectivity index (χ0v) is 16.1. The van der Waals surface area contributed by atoms with Crippen molar-refractivity contribution in [2.45, 2.75) is 26.7 Å². The van der Waals surface area contributed by atoms with Crippen molar-refractivity contribution in [2.75, 3.05) is 42.9 Å². The highest BCUT2D eigenvalue weighted by Crippen LogP contribution is 2.19. The van der Waals surface area contributed by atoms with Crippen molar-refractivity contribution in [3.63, 3.8) is 0 Å². The molecule has 0 radical (unpaired) electrons. The highest BCUT2D eigenvalue weighted by molar-refractivity contribution is 5.91. The molecule has 3 rings (SSSR count). The number of para-hydroxylation sites is 1. The van der Waals surface area contributed by atoms with E-state index in [0.717, 1.165) is 31.9 Å². The number of rotatable bonds is 5. The lowest BCUT2D eigenvalue weighted by Gasteiger charge is -2.34. The van der Waals surface area contributed by atoms with E-state index in [2.05, 4.69) is 67.4 Å². The largest absolute Gasteiger partial charge is 0.360 e. The Morgan fingerprint density at radius 1 is 1.08 bits per heavy atom. The second kappa shape index (κ2) is 8.37. The van der Waals surface area contributed by atoms with E-state index in [-0.39, 0.29) is 5.91 Å². The summed E-state index contributed by atoms with van der Waals surface area (Å²) in [6.45, 7) is 11.0. The smallest absolute Gasteiger partial charge is 0.279 e. The molecule has 0 aromatic heterocycles. The Morgan fingerprint density at radius 3 is 2.35 bits per heavy atom. The molecule has 1 amide bonds. The molecule has 0 bridgehead atoms. The van der Waals surface area contributed by atoms with Crippen molar-refractivity contribution in [1.29, 1.82) is 0 Å². The molecule has 1 fully saturated rings. The number of nitrogens with one attached hydrogen (secondary N) is 2. The van der Waals surface area contributed by atoms with Gasteiger partial charge >= 0.3 is 0 Å². The standard InChI is InChI=1S/C22H29N3O/c1-17(2)19-8-10-20(11-9-19)23-22(26)16-24-12-14-25(15-13-24)21-7-5-4-6-18(21)3/h4-11,17H,12-16H2,1-3H3,(H,23,26)/p+1. The minimum Gasteiger partial charge on any atom is -0.360 e. The molecule has 0 aliphatic carbocycles. The van der Waals surface area contributed by atoms with Gasteiger partial charge in [-0.3, -0.25) is 4.79 Å². The minimum absolute atomic E-state index is 0.0987. The van der Waals surface area contributed by atoms with Crippen molar-refractivity contribution in [3.05, 3.63) is 59.7 Å². The molecule has 138 valence electrons. The number of hydrogen-bond donors (Lipinski definition) is 2. The van der Waals surface area contributed by atoms with Crippen LogP contribution in [0.4, 0.5) is 11.4 Å². The summed E-state index contributed by atoms with van der Waals surface area (Å²) in [6.07, 6.45) is 0. The predicted octanol–water partition coefficient (Wildman–Crippen LogP) is 2.46. The van der Waals surface area contributed by atoms with E-state index in [1.54, 1.807) is 0 Å². The Hall–Kier alpha value is -2.33. The number of quaternary nitrogens is 1. The Balaban J connectivity index is 1.48. The second-order valence-corrected chi connectivity index (χ2v) is 7.53. The van der Waals surface area contributed by atoms with E-state index >= 15 is 0 Å². The van der Waals surface area contributed by atoms with Crippen LogP contribution in [0.2, 0.25) is 0 Å². The topological polar surface area (TPSA) is 36.8 Å². The summed E-state index contributed by atoms with van der Waals surface area (Å²) < 4.78 is 0. The maximum Gasteiger partial charge on any atom is 0.279 e. The fourth-order valence-electron chi connectivity index (χ4n) is 3.54. The first-order valence-electron chi connectivity index (χ1n) is 9.57. The number of carbonyl (C=O) groups excluding carboxylic acids is 1. The lowest BCUT2D eigenvalue weighted by atomic mass is 10.0. The van der Waals surface area contributed by atoms with Crippen LogP contribution in [0, 0.1) is 6.92 Å². The molecule has 0 saturated carbocycles. The number of nitrogens with zero attached hydrogens (tertiary/aromatic N) is 1. The Labute approximate surface area is 156 Å². The quantitative estimate of drug-likeness (QED) is 0.867. The van der Waals surface area contributed by atoms with Gasteiger partial charge in [0.2, 0.25) is 0 Å². The molecule has 2 N–H and O–H groups in total. The van der Waals surface area contributed by atoms with E-state index in [9.17, 15) is 4.79 Å². The van der Waals surface area contributed by atoms with Crippen LogP contribution >= 0.6 is 0 Å². The number of piperazine rings is 1. The number of carbonyl (C=O) groups is 1. The molecule has 26 heavy (non-hydrogen) atoms. The van der Waals surface area contributed by atoms with Crippen LogP contribution in [0.3, 0.4) is 0 Å². The first-order valence-corrected chi connectivity index (χ1v) is 9.57. The summed E-state index contributed by atoms with van der Waals surface area (Å²) in [5.74, 6) is 0.607. The van der Waals surface area contributed by atoms with Gasteiger partial charge in [-0.05, 0) is 42.2 Å². The van der Waals surface area contributed by atoms with Gasteiger partial charge in [0.25, 0.3) is 5.91 Å². The molecular weight excluding hydrogens is 322 g/mol. The van der Waals surface area contributed by atoms with Crippen LogP contribution in [0.15, 0.2) is 48.5 Å². The summed E-state index contributed by atoms with van der Waals surface area (Å²) in [4.78, 5) is 16.1. The fourth-order valence-corrected chi connectivity index (χ4v) is 3.54. The van der Waals surface area contributed by atoms with Gasteiger partial charge in [-0.2, -0.15) is 0 Å². The van der Waals surface area contributed by atoms with Crippen LogP contribution in [0.25, 0.3) is 0 Å². The number of amides is 1. The van der Waals surface area contributed by atoms with Crippen LogP contribution in [-0.4, -0.2) is 38.6 Å². The molecule has 1 aliphatic heterocycles. The van der Waals surface area contributed by atoms with E-state index in [0.29, 0.717) is 12.5 Å². The molecule has 0 atom stereocenters. The fraction of sp³-hybridized carbons (Fsp3) is 0.409. The molecule has 1 aliphatic rings. The van der Waals surface area contributed by atoms with E-state index in [1.807, 2.05) is 12.1 Å². The van der Waals surface area contributed by atoms with Gasteiger partial charge in [0.05, 0.1) is 26.2 Å². The highest BCUT2D eigenvalue weighted by Gasteiger charge is 2.23. The highest BCUT2D eigenvalue weighted by atomic mass is 16.2. The third kappa shape index (κ3) is 4.64. The number of hydrogen-bond acceptors (Lipinski definition) is 2. The van der Waals surface area contributed by atoms with Crippen molar-refractivity contribution < 1.29 is 9.69 Å². The van der Waals surface area contributed by atoms with Crippen LogP contribution in [0.1, 0.15) is 30.9 Å². The van der Waals surface area contributed by atoms with E-state index in [4.69, 9.17) is 0 Å². The first-order chi connectivity index (χ1) is 12.5. The van der Waals surface area contributed by atoms with Crippen molar-refractivity contribution in [3.8, 4) is 0 Å². The summed E-state index contributed by atoms with van der Waals surface area (Å²) >= 11 is 0. The van der Waals surface area contributed by atoms with Gasteiger partial charge in [0.1, 0.15) is 0 Å². The molecule has 2 aromatic rings. The molecule has 1 saturated heterocycles. The summed E-state index contributed by atoms with van der Waals surface area (Å²) in [5, 5.41) is 3.03. The lowest BCUT2D eigenvalue weighted by molar-refractivity contribution is -0.892. The Bertz CT molecular complexity index is 731. The Morgan fingerprint density at radius 2 is 1.73 bits per heavy atom. The van der Waals surface area contributed by atoms with Gasteiger partial charge in [0, 0.05) is 11.4 Å². The number of benzene rings is 2. The average Bonchev–Trinajstić information content (AvgIpc) is 2.63. The summed E-state index contributed by atoms with van der Waals surface area (Å²) in [6, 6.07) is 16.7. The van der Waals surface area contributed by atoms with Gasteiger partial charge in [-0.1, -0.05) is 44.2 Å². The minimum atomic E-state index is 0.0987. The molecule has 4 heteroatoms. The number of aryl methyl sites for hydroxylation is 1. The summed E-state index contributed by atoms with van der Waals surface area (Å²) in [7, 11) is 0. The molecule has 0 spiro atoms. The Kier molecular flexibility index (Phi) is 5.94. The van der Waals surface area contributed by atoms with E-state index in [1.165, 1.54) is 21.7 Å². The zero-order valence-electron chi connectivity index (χ0n) is 16.1. The van der Waals surface area contributed by atoms with Crippen LogP contribution in [0.5, 0.6) is 0 Å². The maximum atomic E-state index is 12.4. The molecule has 0 unspecified atom stereocenters. The SMILES string of the molecule is Cc1ccccc1N1CC[NH+](CC(=O)Nc2ccc(C(C)C)cc2)CC1. The second-order valence-electron chi connectivity index (χ2n) is 7.53. The van der Waals surface area contributed by atoms with Crippen LogP contribution < -0.4 is 15.1 Å².